The van der Waals surface area contributed by atoms with Gasteiger partial charge in [-0.25, -0.2) is 4.79 Å². The summed E-state index contributed by atoms with van der Waals surface area (Å²) in [6.07, 6.45) is 0.755. The topological polar surface area (TPSA) is 89.3 Å². The van der Waals surface area contributed by atoms with Crippen molar-refractivity contribution in [3.63, 3.8) is 0 Å². The van der Waals surface area contributed by atoms with Gasteiger partial charge < -0.3 is 5.11 Å². The van der Waals surface area contributed by atoms with Crippen LogP contribution in [0.25, 0.3) is 0 Å². The first-order valence-electron chi connectivity index (χ1n) is 5.64. The smallest absolute Gasteiger partial charge is 0.372 e. The first-order valence-corrected chi connectivity index (χ1v) is 6.42. The molecule has 1 N–H and O–H groups in total. The monoisotopic (exact) mass is 290 g/mol. The van der Waals surface area contributed by atoms with E-state index in [1.54, 1.807) is 0 Å². The van der Waals surface area contributed by atoms with Crippen molar-refractivity contribution in [1.29, 1.82) is 0 Å². The molecule has 0 amide bonds. The van der Waals surface area contributed by atoms with Gasteiger partial charge in [-0.15, -0.1) is 0 Å². The normalized spacial score (nSPS) is 10.2. The number of ketones is 2. The first kappa shape index (κ1) is 14.0. The largest absolute Gasteiger partial charge is 0.475 e. The second-order valence-electron chi connectivity index (χ2n) is 3.82. The molecule has 0 saturated heterocycles. The maximum Gasteiger partial charge on any atom is 0.372 e. The Morgan fingerprint density at radius 3 is 2.50 bits per heavy atom. The van der Waals surface area contributed by atoms with Crippen LogP contribution in [-0.4, -0.2) is 31.8 Å². The average molecular weight is 290 g/mol. The lowest BCUT2D eigenvalue weighted by Gasteiger charge is -2.04. The second-order valence-corrected chi connectivity index (χ2v) is 4.82. The Morgan fingerprint density at radius 2 is 1.85 bits per heavy atom. The van der Waals surface area contributed by atoms with Crippen molar-refractivity contribution in [2.45, 2.75) is 11.3 Å². The highest BCUT2D eigenvalue weighted by atomic mass is 32.2. The Labute approximate surface area is 118 Å². The summed E-state index contributed by atoms with van der Waals surface area (Å²) in [5.74, 6) is -3.31. The van der Waals surface area contributed by atoms with Crippen molar-refractivity contribution >= 4 is 29.5 Å². The summed E-state index contributed by atoms with van der Waals surface area (Å²) in [4.78, 5) is 34.3. The summed E-state index contributed by atoms with van der Waals surface area (Å²) in [6, 6.07) is 10.7. The summed E-state index contributed by atoms with van der Waals surface area (Å²) in [5, 5.41) is 12.5. The molecule has 0 unspecified atom stereocenters. The van der Waals surface area contributed by atoms with E-state index in [9.17, 15) is 14.4 Å². The number of benzene rings is 1. The lowest BCUT2D eigenvalue weighted by molar-refractivity contribution is -0.148. The fraction of sp³-hybridized carbons (Fsp3) is 0.0769. The van der Waals surface area contributed by atoms with E-state index < -0.39 is 24.0 Å². The Morgan fingerprint density at radius 1 is 1.15 bits per heavy atom. The number of carboxylic acids is 1. The highest BCUT2D eigenvalue weighted by Crippen LogP contribution is 2.21. The molecule has 0 aliphatic carbocycles. The summed E-state index contributed by atoms with van der Waals surface area (Å²) in [6.45, 7) is 0. The molecule has 1 aromatic carbocycles. The standard InChI is InChI=1S/C13H10N2O4S/c16-11(8-12(17)13(18)19)10-6-7-14-15(10)20-9-4-2-1-3-5-9/h1-7H,8H2,(H,18,19). The Bertz CT molecular complexity index is 651. The maximum absolute atomic E-state index is 11.9. The van der Waals surface area contributed by atoms with Crippen molar-refractivity contribution < 1.29 is 19.5 Å². The third kappa shape index (κ3) is 3.33. The highest BCUT2D eigenvalue weighted by molar-refractivity contribution is 7.97. The molecule has 0 atom stereocenters. The fourth-order valence-electron chi connectivity index (χ4n) is 1.46. The van der Waals surface area contributed by atoms with Crippen molar-refractivity contribution in [2.24, 2.45) is 0 Å². The van der Waals surface area contributed by atoms with Gasteiger partial charge in [0.25, 0.3) is 0 Å². The quantitative estimate of drug-likeness (QED) is 0.494. The van der Waals surface area contributed by atoms with E-state index in [-0.39, 0.29) is 5.69 Å². The minimum atomic E-state index is -1.61. The molecule has 20 heavy (non-hydrogen) atoms. The number of aromatic nitrogens is 2. The van der Waals surface area contributed by atoms with E-state index in [2.05, 4.69) is 5.10 Å². The van der Waals surface area contributed by atoms with E-state index in [0.29, 0.717) is 0 Å². The lowest BCUT2D eigenvalue weighted by Crippen LogP contribution is -2.18. The molecule has 102 valence electrons. The third-order valence-electron chi connectivity index (χ3n) is 2.39. The van der Waals surface area contributed by atoms with E-state index in [4.69, 9.17) is 5.11 Å². The molecule has 0 fully saturated rings. The number of Topliss-reactive ketones (excluding diaryl/α,β-unsaturated/α-hetero) is 2. The minimum Gasteiger partial charge on any atom is -0.475 e. The van der Waals surface area contributed by atoms with Crippen molar-refractivity contribution in [2.75, 3.05) is 0 Å². The van der Waals surface area contributed by atoms with Crippen LogP contribution in [0.4, 0.5) is 0 Å². The van der Waals surface area contributed by atoms with Crippen LogP contribution < -0.4 is 0 Å². The SMILES string of the molecule is O=C(O)C(=O)CC(=O)c1ccnn1Sc1ccccc1. The van der Waals surface area contributed by atoms with Crippen LogP contribution in [0.15, 0.2) is 47.5 Å². The number of carbonyl (C=O) groups is 3. The Hall–Kier alpha value is -2.41. The molecular formula is C13H10N2O4S. The molecule has 7 heteroatoms. The molecule has 0 bridgehead atoms. The molecule has 2 rings (SSSR count). The van der Waals surface area contributed by atoms with Crippen LogP contribution in [0.1, 0.15) is 16.9 Å². The number of hydrogen-bond acceptors (Lipinski definition) is 5. The predicted molar refractivity (Wildman–Crippen MR) is 71.5 cm³/mol. The Kier molecular flexibility index (Phi) is 4.31. The van der Waals surface area contributed by atoms with Gasteiger partial charge in [0.2, 0.25) is 5.78 Å². The van der Waals surface area contributed by atoms with Crippen LogP contribution in [0.3, 0.4) is 0 Å². The predicted octanol–water partition coefficient (Wildman–Crippen LogP) is 1.66. The van der Waals surface area contributed by atoms with Crippen molar-refractivity contribution in [3.8, 4) is 0 Å². The summed E-state index contributed by atoms with van der Waals surface area (Å²) >= 11 is 1.21. The Balaban J connectivity index is 2.14. The molecular weight excluding hydrogens is 280 g/mol. The van der Waals surface area contributed by atoms with Crippen LogP contribution in [0, 0.1) is 0 Å². The molecule has 0 radical (unpaired) electrons. The number of nitrogens with zero attached hydrogens (tertiary/aromatic N) is 2. The minimum absolute atomic E-state index is 0.188. The number of carboxylic acid groups (broad SMARTS) is 1. The molecule has 0 spiro atoms. The van der Waals surface area contributed by atoms with Gasteiger partial charge in [0.15, 0.2) is 5.78 Å². The van der Waals surface area contributed by atoms with Gasteiger partial charge in [-0.1, -0.05) is 18.2 Å². The van der Waals surface area contributed by atoms with E-state index in [0.717, 1.165) is 4.90 Å². The second kappa shape index (κ2) is 6.16. The number of aliphatic carboxylic acids is 1. The van der Waals surface area contributed by atoms with Crippen molar-refractivity contribution in [3.05, 3.63) is 48.3 Å². The van der Waals surface area contributed by atoms with E-state index in [1.165, 1.54) is 28.3 Å². The molecule has 1 aromatic heterocycles. The summed E-state index contributed by atoms with van der Waals surface area (Å²) in [5.41, 5.74) is 0.188. The average Bonchev–Trinajstić information content (AvgIpc) is 2.88. The van der Waals surface area contributed by atoms with Gasteiger partial charge in [-0.05, 0) is 18.2 Å². The third-order valence-corrected chi connectivity index (χ3v) is 3.34. The number of carbonyl (C=O) groups excluding carboxylic acids is 2. The van der Waals surface area contributed by atoms with Crippen molar-refractivity contribution in [1.82, 2.24) is 9.19 Å². The van der Waals surface area contributed by atoms with Crippen LogP contribution in [-0.2, 0) is 9.59 Å². The van der Waals surface area contributed by atoms with Gasteiger partial charge in [0, 0.05) is 16.8 Å². The van der Waals surface area contributed by atoms with E-state index >= 15 is 0 Å². The first-order chi connectivity index (χ1) is 9.58. The van der Waals surface area contributed by atoms with Crippen LogP contribution >= 0.6 is 11.9 Å². The number of hydrogen-bond donors (Lipinski definition) is 1. The fourth-order valence-corrected chi connectivity index (χ4v) is 2.30. The molecule has 1 heterocycles. The summed E-state index contributed by atoms with van der Waals surface area (Å²) in [7, 11) is 0. The zero-order valence-corrected chi connectivity index (χ0v) is 11.0. The zero-order chi connectivity index (χ0) is 14.5. The molecule has 2 aromatic rings. The van der Waals surface area contributed by atoms with Gasteiger partial charge in [0.05, 0.1) is 12.6 Å². The molecule has 6 nitrogen and oxygen atoms in total. The maximum atomic E-state index is 11.9. The highest BCUT2D eigenvalue weighted by Gasteiger charge is 2.20. The van der Waals surface area contributed by atoms with Gasteiger partial charge in [-0.3, -0.25) is 9.59 Å². The molecule has 0 aliphatic rings. The summed E-state index contributed by atoms with van der Waals surface area (Å²) < 4.78 is 1.37. The van der Waals surface area contributed by atoms with E-state index in [1.807, 2.05) is 30.3 Å². The van der Waals surface area contributed by atoms with Gasteiger partial charge >= 0.3 is 5.97 Å². The van der Waals surface area contributed by atoms with Gasteiger partial charge in [-0.2, -0.15) is 9.19 Å². The molecule has 0 aliphatic heterocycles. The van der Waals surface area contributed by atoms with Gasteiger partial charge in [0.1, 0.15) is 5.69 Å². The molecule has 0 saturated carbocycles. The zero-order valence-electron chi connectivity index (χ0n) is 10.2. The van der Waals surface area contributed by atoms with Crippen LogP contribution in [0.2, 0.25) is 0 Å². The number of rotatable bonds is 6. The lowest BCUT2D eigenvalue weighted by atomic mass is 10.1. The van der Waals surface area contributed by atoms with Crippen LogP contribution in [0.5, 0.6) is 0 Å².